The topological polar surface area (TPSA) is 106 Å². The Morgan fingerprint density at radius 1 is 1.07 bits per heavy atom. The molecule has 40 heavy (non-hydrogen) atoms. The van der Waals surface area contributed by atoms with Gasteiger partial charge in [0.1, 0.15) is 16.9 Å². The van der Waals surface area contributed by atoms with E-state index in [-0.39, 0.29) is 12.7 Å². The maximum atomic E-state index is 12.8. The number of esters is 1. The standard InChI is InChI=1S/C28H27N7O3S2/c1-4-37-26(36)23-25(35-15-19(16-35)38-18-10-6-5-7-11-18)40-28(30-23)34(3)22-14-17(2)24(33-32-22)31-27-29-20-12-8-9-13-21(20)39-27/h5-14,19H,4,15-16H2,1-3H3,(H,29,31,33). The summed E-state index contributed by atoms with van der Waals surface area (Å²) in [5, 5.41) is 14.3. The zero-order chi connectivity index (χ0) is 27.6. The number of nitrogens with one attached hydrogen (secondary N) is 1. The summed E-state index contributed by atoms with van der Waals surface area (Å²) in [6.07, 6.45) is 0.0321. The van der Waals surface area contributed by atoms with Crippen LogP contribution in [-0.2, 0) is 4.74 Å². The van der Waals surface area contributed by atoms with Crippen LogP contribution in [0.25, 0.3) is 10.2 Å². The summed E-state index contributed by atoms with van der Waals surface area (Å²) in [4.78, 5) is 26.0. The summed E-state index contributed by atoms with van der Waals surface area (Å²) in [5.74, 6) is 1.63. The predicted molar refractivity (Wildman–Crippen MR) is 159 cm³/mol. The molecule has 1 fully saturated rings. The Balaban J connectivity index is 1.19. The lowest BCUT2D eigenvalue weighted by Crippen LogP contribution is -2.54. The first-order valence-electron chi connectivity index (χ1n) is 12.8. The van der Waals surface area contributed by atoms with Crippen molar-refractivity contribution in [3.8, 4) is 5.75 Å². The smallest absolute Gasteiger partial charge is 0.360 e. The van der Waals surface area contributed by atoms with E-state index in [1.807, 2.05) is 79.5 Å². The molecule has 0 atom stereocenters. The highest BCUT2D eigenvalue weighted by atomic mass is 32.1. The first-order chi connectivity index (χ1) is 19.5. The number of aryl methyl sites for hydroxylation is 1. The highest BCUT2D eigenvalue weighted by molar-refractivity contribution is 7.22. The van der Waals surface area contributed by atoms with Gasteiger partial charge in [-0.25, -0.2) is 14.8 Å². The predicted octanol–water partition coefficient (Wildman–Crippen LogP) is 5.81. The van der Waals surface area contributed by atoms with Gasteiger partial charge in [0.2, 0.25) is 0 Å². The maximum absolute atomic E-state index is 12.8. The van der Waals surface area contributed by atoms with Gasteiger partial charge in [-0.2, -0.15) is 0 Å². The molecule has 6 rings (SSSR count). The quantitative estimate of drug-likeness (QED) is 0.217. The van der Waals surface area contributed by atoms with Crippen LogP contribution in [-0.4, -0.2) is 59.0 Å². The Hall–Kier alpha value is -4.29. The number of hydrogen-bond acceptors (Lipinski definition) is 12. The molecule has 0 unspecified atom stereocenters. The molecular formula is C28H27N7O3S2. The summed E-state index contributed by atoms with van der Waals surface area (Å²) in [6.45, 7) is 5.32. The van der Waals surface area contributed by atoms with Gasteiger partial charge in [-0.3, -0.25) is 0 Å². The number of para-hydroxylation sites is 2. The Bertz CT molecular complexity index is 1620. The van der Waals surface area contributed by atoms with Crippen molar-refractivity contribution in [2.75, 3.05) is 41.9 Å². The molecular weight excluding hydrogens is 546 g/mol. The normalized spacial score (nSPS) is 13.2. The van der Waals surface area contributed by atoms with Crippen molar-refractivity contribution < 1.29 is 14.3 Å². The van der Waals surface area contributed by atoms with Crippen LogP contribution in [0.4, 0.5) is 26.9 Å². The summed E-state index contributed by atoms with van der Waals surface area (Å²) < 4.78 is 12.5. The summed E-state index contributed by atoms with van der Waals surface area (Å²) in [7, 11) is 1.86. The minimum Gasteiger partial charge on any atom is -0.487 e. The molecule has 204 valence electrons. The minimum atomic E-state index is -0.446. The Morgan fingerprint density at radius 2 is 1.85 bits per heavy atom. The third-order valence-corrected chi connectivity index (χ3v) is 8.51. The fourth-order valence-corrected chi connectivity index (χ4v) is 6.15. The second-order valence-corrected chi connectivity index (χ2v) is 11.2. The third-order valence-electron chi connectivity index (χ3n) is 6.37. The number of ether oxygens (including phenoxy) is 2. The van der Waals surface area contributed by atoms with Crippen molar-refractivity contribution in [3.05, 3.63) is 71.9 Å². The first-order valence-corrected chi connectivity index (χ1v) is 14.5. The van der Waals surface area contributed by atoms with Gasteiger partial charge >= 0.3 is 5.97 Å². The zero-order valence-corrected chi connectivity index (χ0v) is 23.8. The van der Waals surface area contributed by atoms with E-state index in [9.17, 15) is 4.79 Å². The SMILES string of the molecule is CCOC(=O)c1nc(N(C)c2cc(C)c(Nc3nc4ccccc4s3)nn2)sc1N1CC(Oc2ccccc2)C1. The molecule has 3 aromatic heterocycles. The second kappa shape index (κ2) is 11.1. The van der Waals surface area contributed by atoms with E-state index in [1.54, 1.807) is 18.3 Å². The van der Waals surface area contributed by atoms with Crippen LogP contribution in [0.5, 0.6) is 5.75 Å². The fourth-order valence-electron chi connectivity index (χ4n) is 4.24. The number of aromatic nitrogens is 4. The molecule has 0 radical (unpaired) electrons. The van der Waals surface area contributed by atoms with Gasteiger partial charge in [-0.1, -0.05) is 53.0 Å². The van der Waals surface area contributed by atoms with Crippen molar-refractivity contribution >= 4 is 65.8 Å². The summed E-state index contributed by atoms with van der Waals surface area (Å²) in [5.41, 5.74) is 2.14. The van der Waals surface area contributed by atoms with E-state index in [1.165, 1.54) is 11.3 Å². The molecule has 10 nitrogen and oxygen atoms in total. The molecule has 1 aliphatic rings. The van der Waals surface area contributed by atoms with Crippen LogP contribution in [0.3, 0.4) is 0 Å². The number of hydrogen-bond donors (Lipinski definition) is 1. The molecule has 0 spiro atoms. The van der Waals surface area contributed by atoms with E-state index in [2.05, 4.69) is 30.4 Å². The summed E-state index contributed by atoms with van der Waals surface area (Å²) in [6, 6.07) is 19.7. The van der Waals surface area contributed by atoms with Crippen LogP contribution < -0.4 is 19.9 Å². The third kappa shape index (κ3) is 5.27. The molecule has 2 aromatic carbocycles. The molecule has 1 aliphatic heterocycles. The number of carbonyl (C=O) groups excluding carboxylic acids is 1. The molecule has 0 saturated carbocycles. The van der Waals surface area contributed by atoms with Gasteiger partial charge in [-0.15, -0.1) is 10.2 Å². The Labute approximate surface area is 239 Å². The van der Waals surface area contributed by atoms with E-state index < -0.39 is 5.97 Å². The van der Waals surface area contributed by atoms with Gasteiger partial charge in [0, 0.05) is 7.05 Å². The Morgan fingerprint density at radius 3 is 2.60 bits per heavy atom. The van der Waals surface area contributed by atoms with E-state index in [0.29, 0.717) is 35.6 Å². The average molecular weight is 574 g/mol. The van der Waals surface area contributed by atoms with Gasteiger partial charge in [-0.05, 0) is 49.7 Å². The summed E-state index contributed by atoms with van der Waals surface area (Å²) >= 11 is 2.98. The van der Waals surface area contributed by atoms with Crippen LogP contribution >= 0.6 is 22.7 Å². The number of fused-ring (bicyclic) bond motifs is 1. The molecule has 12 heteroatoms. The van der Waals surface area contributed by atoms with Crippen molar-refractivity contribution in [1.82, 2.24) is 20.2 Å². The van der Waals surface area contributed by atoms with E-state index in [0.717, 1.165) is 31.7 Å². The lowest BCUT2D eigenvalue weighted by Gasteiger charge is -2.39. The van der Waals surface area contributed by atoms with E-state index in [4.69, 9.17) is 9.47 Å². The molecule has 4 heterocycles. The largest absolute Gasteiger partial charge is 0.487 e. The second-order valence-electron chi connectivity index (χ2n) is 9.23. The molecule has 0 bridgehead atoms. The van der Waals surface area contributed by atoms with E-state index >= 15 is 0 Å². The minimum absolute atomic E-state index is 0.0321. The lowest BCUT2D eigenvalue weighted by molar-refractivity contribution is 0.0520. The number of carbonyl (C=O) groups is 1. The number of benzene rings is 2. The van der Waals surface area contributed by atoms with Crippen molar-refractivity contribution in [2.24, 2.45) is 0 Å². The highest BCUT2D eigenvalue weighted by Crippen LogP contribution is 2.39. The zero-order valence-electron chi connectivity index (χ0n) is 22.2. The monoisotopic (exact) mass is 573 g/mol. The molecule has 5 aromatic rings. The maximum Gasteiger partial charge on any atom is 0.360 e. The lowest BCUT2D eigenvalue weighted by atomic mass is 10.1. The molecule has 0 aliphatic carbocycles. The van der Waals surface area contributed by atoms with Gasteiger partial charge in [0.05, 0.1) is 29.9 Å². The van der Waals surface area contributed by atoms with Gasteiger partial charge in [0.25, 0.3) is 0 Å². The van der Waals surface area contributed by atoms with Crippen molar-refractivity contribution in [1.29, 1.82) is 0 Å². The van der Waals surface area contributed by atoms with Crippen molar-refractivity contribution in [2.45, 2.75) is 20.0 Å². The van der Waals surface area contributed by atoms with Crippen LogP contribution in [0.1, 0.15) is 23.0 Å². The fraction of sp³-hybridized carbons (Fsp3) is 0.250. The highest BCUT2D eigenvalue weighted by Gasteiger charge is 2.35. The van der Waals surface area contributed by atoms with Crippen molar-refractivity contribution in [3.63, 3.8) is 0 Å². The van der Waals surface area contributed by atoms with Crippen LogP contribution in [0.15, 0.2) is 60.7 Å². The van der Waals surface area contributed by atoms with Gasteiger partial charge in [0.15, 0.2) is 27.6 Å². The number of rotatable bonds is 9. The number of nitrogens with zero attached hydrogens (tertiary/aromatic N) is 6. The average Bonchev–Trinajstić information content (AvgIpc) is 3.56. The van der Waals surface area contributed by atoms with Gasteiger partial charge < -0.3 is 24.6 Å². The molecule has 0 amide bonds. The van der Waals surface area contributed by atoms with Crippen LogP contribution in [0.2, 0.25) is 0 Å². The molecule has 1 saturated heterocycles. The number of thiazole rings is 2. The Kier molecular flexibility index (Phi) is 7.18. The number of anilines is 5. The first kappa shape index (κ1) is 26.0. The van der Waals surface area contributed by atoms with Crippen LogP contribution in [0, 0.1) is 6.92 Å². The molecule has 1 N–H and O–H groups in total.